The topological polar surface area (TPSA) is 125 Å². The first-order valence-electron chi connectivity index (χ1n) is 11.5. The van der Waals surface area contributed by atoms with Crippen LogP contribution >= 0.6 is 0 Å². The monoisotopic (exact) mass is 453 g/mol. The van der Waals surface area contributed by atoms with Crippen LogP contribution in [0.25, 0.3) is 5.65 Å². The van der Waals surface area contributed by atoms with Crippen molar-refractivity contribution >= 4 is 23.3 Å². The summed E-state index contributed by atoms with van der Waals surface area (Å²) in [4.78, 5) is 18.7. The molecule has 3 N–H and O–H groups in total. The Morgan fingerprint density at radius 2 is 2.30 bits per heavy atom. The van der Waals surface area contributed by atoms with E-state index in [2.05, 4.69) is 22.2 Å². The van der Waals surface area contributed by atoms with Crippen LogP contribution in [-0.2, 0) is 22.5 Å². The molecule has 176 valence electrons. The Kier molecular flexibility index (Phi) is 7.23. The zero-order valence-electron chi connectivity index (χ0n) is 18.9. The van der Waals surface area contributed by atoms with Crippen molar-refractivity contribution in [3.8, 4) is 0 Å². The van der Waals surface area contributed by atoms with Crippen LogP contribution in [-0.4, -0.2) is 46.3 Å². The molecule has 1 atom stereocenters. The number of esters is 1. The molecule has 0 aromatic carbocycles. The number of aryl methyl sites for hydroxylation is 1. The molecule has 0 unspecified atom stereocenters. The van der Waals surface area contributed by atoms with Gasteiger partial charge in [0.15, 0.2) is 18.0 Å². The third kappa shape index (κ3) is 5.33. The van der Waals surface area contributed by atoms with Crippen LogP contribution in [0.5, 0.6) is 0 Å². The number of nitrogens with two attached hydrogens (primary N) is 1. The molecule has 10 heteroatoms. The largest absolute Gasteiger partial charge is 0.619 e. The van der Waals surface area contributed by atoms with Crippen LogP contribution in [0.1, 0.15) is 43.7 Å². The SMILES string of the molecule is CCc1cnn2c(NCc3ccc[n+]([O-])c3)cc(N3CCCC[C@H]3CCOC(=O)CN)nc12. The third-order valence-corrected chi connectivity index (χ3v) is 6.02. The van der Waals surface area contributed by atoms with Gasteiger partial charge in [0.25, 0.3) is 0 Å². The lowest BCUT2D eigenvalue weighted by molar-refractivity contribution is -0.605. The zero-order chi connectivity index (χ0) is 23.2. The van der Waals surface area contributed by atoms with Gasteiger partial charge < -0.3 is 25.9 Å². The minimum absolute atomic E-state index is 0.101. The first-order chi connectivity index (χ1) is 16.1. The molecule has 4 heterocycles. The summed E-state index contributed by atoms with van der Waals surface area (Å²) in [5.74, 6) is 1.31. The normalized spacial score (nSPS) is 16.2. The van der Waals surface area contributed by atoms with E-state index in [-0.39, 0.29) is 18.6 Å². The van der Waals surface area contributed by atoms with Crippen molar-refractivity contribution in [3.63, 3.8) is 0 Å². The van der Waals surface area contributed by atoms with Crippen LogP contribution in [0.15, 0.2) is 36.8 Å². The second-order valence-corrected chi connectivity index (χ2v) is 8.24. The quantitative estimate of drug-likeness (QED) is 0.285. The molecule has 10 nitrogen and oxygen atoms in total. The summed E-state index contributed by atoms with van der Waals surface area (Å²) in [6.07, 6.45) is 9.67. The van der Waals surface area contributed by atoms with Crippen LogP contribution in [0.2, 0.25) is 0 Å². The molecule has 0 amide bonds. The fourth-order valence-electron chi connectivity index (χ4n) is 4.29. The molecule has 0 saturated carbocycles. The van der Waals surface area contributed by atoms with E-state index in [4.69, 9.17) is 15.5 Å². The Labute approximate surface area is 192 Å². The maximum Gasteiger partial charge on any atom is 0.319 e. The number of nitrogens with zero attached hydrogens (tertiary/aromatic N) is 5. The zero-order valence-corrected chi connectivity index (χ0v) is 18.9. The van der Waals surface area contributed by atoms with Gasteiger partial charge in [-0.3, -0.25) is 4.79 Å². The number of carbonyl (C=O) groups is 1. The summed E-state index contributed by atoms with van der Waals surface area (Å²) < 4.78 is 7.84. The summed E-state index contributed by atoms with van der Waals surface area (Å²) in [6.45, 7) is 3.71. The molecule has 1 aliphatic heterocycles. The highest BCUT2D eigenvalue weighted by Crippen LogP contribution is 2.29. The number of anilines is 2. The van der Waals surface area contributed by atoms with Crippen LogP contribution < -0.4 is 20.7 Å². The predicted molar refractivity (Wildman–Crippen MR) is 125 cm³/mol. The molecule has 4 rings (SSSR count). The smallest absolute Gasteiger partial charge is 0.319 e. The van der Waals surface area contributed by atoms with E-state index in [9.17, 15) is 10.0 Å². The fraction of sp³-hybridized carbons (Fsp3) is 0.478. The Morgan fingerprint density at radius 3 is 3.09 bits per heavy atom. The Balaban J connectivity index is 1.61. The number of fused-ring (bicyclic) bond motifs is 1. The maximum absolute atomic E-state index is 11.6. The Bertz CT molecular complexity index is 1100. The highest BCUT2D eigenvalue weighted by Gasteiger charge is 2.25. The predicted octanol–water partition coefficient (Wildman–Crippen LogP) is 1.79. The number of hydrogen-bond acceptors (Lipinski definition) is 8. The average molecular weight is 454 g/mol. The molecule has 0 spiro atoms. The highest BCUT2D eigenvalue weighted by molar-refractivity contribution is 5.71. The highest BCUT2D eigenvalue weighted by atomic mass is 16.5. The lowest BCUT2D eigenvalue weighted by atomic mass is 9.99. The third-order valence-electron chi connectivity index (χ3n) is 6.02. The molecule has 0 aliphatic carbocycles. The minimum atomic E-state index is -0.379. The summed E-state index contributed by atoms with van der Waals surface area (Å²) in [5, 5.41) is 19.6. The summed E-state index contributed by atoms with van der Waals surface area (Å²) in [7, 11) is 0. The lowest BCUT2D eigenvalue weighted by Gasteiger charge is -2.37. The number of hydrogen-bond donors (Lipinski definition) is 2. The van der Waals surface area contributed by atoms with Crippen molar-refractivity contribution in [3.05, 3.63) is 53.1 Å². The van der Waals surface area contributed by atoms with Gasteiger partial charge in [-0.15, -0.1) is 0 Å². The van der Waals surface area contributed by atoms with Gasteiger partial charge in [-0.1, -0.05) is 6.92 Å². The maximum atomic E-state index is 11.6. The molecule has 33 heavy (non-hydrogen) atoms. The average Bonchev–Trinajstić information content (AvgIpc) is 3.26. The summed E-state index contributed by atoms with van der Waals surface area (Å²) in [6, 6.07) is 5.88. The van der Waals surface area contributed by atoms with E-state index < -0.39 is 0 Å². The summed E-state index contributed by atoms with van der Waals surface area (Å²) in [5.41, 5.74) is 8.11. The van der Waals surface area contributed by atoms with Crippen molar-refractivity contribution in [1.82, 2.24) is 14.6 Å². The van der Waals surface area contributed by atoms with Gasteiger partial charge in [0.1, 0.15) is 11.6 Å². The number of ether oxygens (including phenoxy) is 1. The van der Waals surface area contributed by atoms with E-state index in [0.29, 0.717) is 13.2 Å². The number of rotatable bonds is 9. The van der Waals surface area contributed by atoms with Crippen molar-refractivity contribution in [2.24, 2.45) is 5.73 Å². The Hall–Kier alpha value is -3.40. The second-order valence-electron chi connectivity index (χ2n) is 8.24. The van der Waals surface area contributed by atoms with E-state index in [1.807, 2.05) is 22.8 Å². The van der Waals surface area contributed by atoms with E-state index in [1.165, 1.54) is 6.20 Å². The number of nitrogens with one attached hydrogen (secondary N) is 1. The van der Waals surface area contributed by atoms with E-state index in [1.54, 1.807) is 12.3 Å². The van der Waals surface area contributed by atoms with Gasteiger partial charge in [0.2, 0.25) is 0 Å². The van der Waals surface area contributed by atoms with Gasteiger partial charge in [-0.2, -0.15) is 14.3 Å². The molecule has 0 bridgehead atoms. The minimum Gasteiger partial charge on any atom is -0.619 e. The molecular weight excluding hydrogens is 422 g/mol. The molecule has 1 aliphatic rings. The molecule has 1 fully saturated rings. The molecule has 0 radical (unpaired) electrons. The standard InChI is InChI=1S/C23H31N7O3/c1-2-18-15-26-30-20(25-14-17-6-5-9-28(32)16-17)12-21(27-23(18)30)29-10-4-3-7-19(29)8-11-33-22(31)13-24/h5-6,9,12,15-16,19,25H,2-4,7-8,10-11,13-14,24H2,1H3/t19-/m0/s1. The van der Waals surface area contributed by atoms with Crippen LogP contribution in [0.3, 0.4) is 0 Å². The molecule has 3 aromatic heterocycles. The number of piperidine rings is 1. The van der Waals surface area contributed by atoms with Crippen molar-refractivity contribution in [2.45, 2.75) is 51.6 Å². The van der Waals surface area contributed by atoms with Gasteiger partial charge in [0, 0.05) is 48.8 Å². The summed E-state index contributed by atoms with van der Waals surface area (Å²) >= 11 is 0. The van der Waals surface area contributed by atoms with Gasteiger partial charge in [-0.05, 0) is 31.7 Å². The number of pyridine rings is 1. The molecule has 3 aromatic rings. The second kappa shape index (κ2) is 10.5. The lowest BCUT2D eigenvalue weighted by Crippen LogP contribution is -2.41. The van der Waals surface area contributed by atoms with Crippen LogP contribution in [0.4, 0.5) is 11.6 Å². The van der Waals surface area contributed by atoms with Crippen molar-refractivity contribution < 1.29 is 14.3 Å². The van der Waals surface area contributed by atoms with Crippen molar-refractivity contribution in [1.29, 1.82) is 0 Å². The van der Waals surface area contributed by atoms with Crippen molar-refractivity contribution in [2.75, 3.05) is 29.9 Å². The van der Waals surface area contributed by atoms with Crippen LogP contribution in [0, 0.1) is 5.21 Å². The first-order valence-corrected chi connectivity index (χ1v) is 11.5. The number of aromatic nitrogens is 4. The Morgan fingerprint density at radius 1 is 1.42 bits per heavy atom. The van der Waals surface area contributed by atoms with Gasteiger partial charge in [-0.25, -0.2) is 4.98 Å². The first kappa shape index (κ1) is 22.8. The van der Waals surface area contributed by atoms with Gasteiger partial charge in [0.05, 0.1) is 19.3 Å². The molecular formula is C23H31N7O3. The molecule has 1 saturated heterocycles. The fourth-order valence-corrected chi connectivity index (χ4v) is 4.29. The van der Waals surface area contributed by atoms with E-state index >= 15 is 0 Å². The number of carbonyl (C=O) groups excluding carboxylic acids is 1. The van der Waals surface area contributed by atoms with Gasteiger partial charge >= 0.3 is 5.97 Å². The van der Waals surface area contributed by atoms with E-state index in [0.717, 1.165) is 71.8 Å².